The van der Waals surface area contributed by atoms with Gasteiger partial charge in [-0.2, -0.15) is 0 Å². The minimum Gasteiger partial charge on any atom is -0.434 e. The fraction of sp³-hybridized carbons (Fsp3) is 0.667. The van der Waals surface area contributed by atoms with E-state index < -0.39 is 14.8 Å². The minimum absolute atomic E-state index is 0.231. The fourth-order valence-electron chi connectivity index (χ4n) is 0.175. The molecule has 0 heterocycles. The first-order valence-corrected chi connectivity index (χ1v) is 2.70. The molecule has 0 bridgehead atoms. The van der Waals surface area contributed by atoms with E-state index in [4.69, 9.17) is 0 Å². The molecule has 0 saturated heterocycles. The number of hydrogen-bond acceptors (Lipinski definition) is 4. The molecule has 0 saturated carbocycles. The predicted octanol–water partition coefficient (Wildman–Crippen LogP) is 1.37. The molecule has 0 radical (unpaired) electrons. The molecule has 0 aromatic heterocycles. The lowest BCUT2D eigenvalue weighted by atomic mass is 10.9. The quantitative estimate of drug-likeness (QED) is 0.424. The van der Waals surface area contributed by atoms with Crippen molar-refractivity contribution in [1.82, 2.24) is 0 Å². The van der Waals surface area contributed by atoms with Crippen LogP contribution in [0, 0.1) is 0 Å². The first-order chi connectivity index (χ1) is 3.81. The normalized spacial score (nSPS) is 8.62. The molecular formula is C3H5O4P. The Bertz CT molecular complexity index is 91.3. The van der Waals surface area contributed by atoms with E-state index in [2.05, 4.69) is 9.26 Å². The van der Waals surface area contributed by atoms with Crippen molar-refractivity contribution >= 4 is 14.8 Å². The molecule has 0 N–H and O–H groups in total. The Kier molecular flexibility index (Phi) is 4.17. The van der Waals surface area contributed by atoms with E-state index in [0.717, 1.165) is 0 Å². The van der Waals surface area contributed by atoms with Gasteiger partial charge in [-0.1, -0.05) is 0 Å². The highest BCUT2D eigenvalue weighted by molar-refractivity contribution is 7.18. The summed E-state index contributed by atoms with van der Waals surface area (Å²) in [7, 11) is -0.676. The summed E-state index contributed by atoms with van der Waals surface area (Å²) in [5.41, 5.74) is 0. The van der Waals surface area contributed by atoms with E-state index in [1.165, 1.54) is 0 Å². The third-order valence-corrected chi connectivity index (χ3v) is 0.598. The zero-order valence-electron chi connectivity index (χ0n) is 4.29. The van der Waals surface area contributed by atoms with Crippen molar-refractivity contribution in [2.45, 2.75) is 6.92 Å². The van der Waals surface area contributed by atoms with Crippen molar-refractivity contribution in [3.63, 3.8) is 0 Å². The zero-order valence-corrected chi connectivity index (χ0v) is 5.18. The van der Waals surface area contributed by atoms with Crippen LogP contribution in [0.5, 0.6) is 0 Å². The molecule has 0 aromatic rings. The lowest BCUT2D eigenvalue weighted by molar-refractivity contribution is 0.109. The van der Waals surface area contributed by atoms with Gasteiger partial charge in [-0.05, 0) is 6.92 Å². The predicted molar refractivity (Wildman–Crippen MR) is 25.7 cm³/mol. The number of ether oxygens (including phenoxy) is 1. The third kappa shape index (κ3) is 3.56. The maximum Gasteiger partial charge on any atom is 0.519 e. The molecule has 0 atom stereocenters. The Morgan fingerprint density at radius 2 is 2.38 bits per heavy atom. The van der Waals surface area contributed by atoms with Crippen LogP contribution in [-0.4, -0.2) is 12.8 Å². The van der Waals surface area contributed by atoms with Crippen molar-refractivity contribution in [2.75, 3.05) is 6.61 Å². The number of carbonyl (C=O) groups excluding carboxylic acids is 1. The second kappa shape index (κ2) is 4.53. The Morgan fingerprint density at radius 3 is 2.75 bits per heavy atom. The summed E-state index contributed by atoms with van der Waals surface area (Å²) < 4.78 is 17.5. The highest BCUT2D eigenvalue weighted by Crippen LogP contribution is 1.96. The summed E-state index contributed by atoms with van der Waals surface area (Å²) in [6, 6.07) is 0. The van der Waals surface area contributed by atoms with Gasteiger partial charge in [0.1, 0.15) is 0 Å². The monoisotopic (exact) mass is 136 g/mol. The van der Waals surface area contributed by atoms with Gasteiger partial charge in [0, 0.05) is 0 Å². The average molecular weight is 136 g/mol. The first kappa shape index (κ1) is 7.37. The molecule has 0 aliphatic heterocycles. The molecule has 0 unspecified atom stereocenters. The van der Waals surface area contributed by atoms with E-state index in [-0.39, 0.29) is 6.61 Å². The largest absolute Gasteiger partial charge is 0.519 e. The molecule has 0 aliphatic carbocycles. The molecule has 5 heteroatoms. The molecule has 0 amide bonds. The van der Waals surface area contributed by atoms with Crippen LogP contribution in [0.4, 0.5) is 4.79 Å². The van der Waals surface area contributed by atoms with E-state index in [1.54, 1.807) is 6.92 Å². The van der Waals surface area contributed by atoms with Gasteiger partial charge < -0.3 is 9.26 Å². The van der Waals surface area contributed by atoms with Crippen LogP contribution in [0.1, 0.15) is 6.92 Å². The van der Waals surface area contributed by atoms with Gasteiger partial charge in [-0.15, -0.1) is 0 Å². The van der Waals surface area contributed by atoms with Crippen LogP contribution in [0.25, 0.3) is 0 Å². The van der Waals surface area contributed by atoms with Gasteiger partial charge in [-0.25, -0.2) is 9.36 Å². The fourth-order valence-corrected chi connectivity index (χ4v) is 0.288. The second-order valence-electron chi connectivity index (χ2n) is 0.849. The molecule has 46 valence electrons. The molecule has 0 aromatic carbocycles. The highest BCUT2D eigenvalue weighted by Gasteiger charge is 1.98. The number of carbonyl (C=O) groups is 1. The van der Waals surface area contributed by atoms with Crippen molar-refractivity contribution in [3.8, 4) is 0 Å². The summed E-state index contributed by atoms with van der Waals surface area (Å²) in [5, 5.41) is 0. The van der Waals surface area contributed by atoms with Gasteiger partial charge in [0.25, 0.3) is 0 Å². The summed E-state index contributed by atoms with van der Waals surface area (Å²) in [5.74, 6) is 0. The molecule has 8 heavy (non-hydrogen) atoms. The maximum atomic E-state index is 9.99. The first-order valence-electron chi connectivity index (χ1n) is 1.97. The van der Waals surface area contributed by atoms with Crippen molar-refractivity contribution in [3.05, 3.63) is 0 Å². The van der Waals surface area contributed by atoms with Crippen LogP contribution >= 0.6 is 8.69 Å². The molecular weight excluding hydrogens is 131 g/mol. The van der Waals surface area contributed by atoms with Crippen LogP contribution in [0.2, 0.25) is 0 Å². The lowest BCUT2D eigenvalue weighted by Gasteiger charge is -1.92. The van der Waals surface area contributed by atoms with Crippen LogP contribution in [-0.2, 0) is 13.8 Å². The van der Waals surface area contributed by atoms with Crippen LogP contribution in [0.3, 0.4) is 0 Å². The van der Waals surface area contributed by atoms with E-state index in [9.17, 15) is 9.36 Å². The zero-order chi connectivity index (χ0) is 6.41. The SMILES string of the molecule is CCOC(=O)OP=O. The summed E-state index contributed by atoms with van der Waals surface area (Å²) in [6.45, 7) is 1.86. The smallest absolute Gasteiger partial charge is 0.434 e. The molecule has 0 rings (SSSR count). The summed E-state index contributed by atoms with van der Waals surface area (Å²) in [6.07, 6.45) is -0.913. The van der Waals surface area contributed by atoms with E-state index in [1.807, 2.05) is 0 Å². The topological polar surface area (TPSA) is 52.6 Å². The van der Waals surface area contributed by atoms with Gasteiger partial charge in [0.2, 0.25) is 0 Å². The molecule has 0 fully saturated rings. The van der Waals surface area contributed by atoms with Gasteiger partial charge in [-0.3, -0.25) is 0 Å². The van der Waals surface area contributed by atoms with Crippen LogP contribution in [0.15, 0.2) is 0 Å². The van der Waals surface area contributed by atoms with E-state index in [0.29, 0.717) is 0 Å². The molecule has 0 aliphatic rings. The van der Waals surface area contributed by atoms with Crippen LogP contribution < -0.4 is 0 Å². The van der Waals surface area contributed by atoms with Gasteiger partial charge in [0.15, 0.2) is 0 Å². The highest BCUT2D eigenvalue weighted by atomic mass is 31.1. The number of hydrogen-bond donors (Lipinski definition) is 0. The van der Waals surface area contributed by atoms with Crippen molar-refractivity contribution < 1.29 is 18.6 Å². The Morgan fingerprint density at radius 1 is 1.75 bits per heavy atom. The summed E-state index contributed by atoms with van der Waals surface area (Å²) >= 11 is 0. The lowest BCUT2D eigenvalue weighted by Crippen LogP contribution is -1.99. The summed E-state index contributed by atoms with van der Waals surface area (Å²) in [4.78, 5) is 9.99. The Hall–Kier alpha value is -0.630. The van der Waals surface area contributed by atoms with Crippen molar-refractivity contribution in [1.29, 1.82) is 0 Å². The standard InChI is InChI=1S/C3H5O4P/c1-2-6-3(4)7-8-5/h2H2,1H3. The Balaban J connectivity index is 3.18. The van der Waals surface area contributed by atoms with Gasteiger partial charge >= 0.3 is 14.8 Å². The van der Waals surface area contributed by atoms with Gasteiger partial charge in [0.05, 0.1) is 6.61 Å². The third-order valence-electron chi connectivity index (χ3n) is 0.374. The second-order valence-corrected chi connectivity index (χ2v) is 1.18. The molecule has 4 nitrogen and oxygen atoms in total. The number of rotatable bonds is 2. The Labute approximate surface area is 48.1 Å². The van der Waals surface area contributed by atoms with Crippen molar-refractivity contribution in [2.24, 2.45) is 0 Å². The molecule has 0 spiro atoms. The maximum absolute atomic E-state index is 9.99. The average Bonchev–Trinajstić information content (AvgIpc) is 1.68. The van der Waals surface area contributed by atoms with E-state index >= 15 is 0 Å². The minimum atomic E-state index is -0.913.